The summed E-state index contributed by atoms with van der Waals surface area (Å²) in [6.07, 6.45) is 3.31. The summed E-state index contributed by atoms with van der Waals surface area (Å²) in [4.78, 5) is 14.7. The van der Waals surface area contributed by atoms with Crippen LogP contribution in [0.2, 0.25) is 0 Å². The van der Waals surface area contributed by atoms with Gasteiger partial charge in [-0.05, 0) is 73.6 Å². The van der Waals surface area contributed by atoms with Crippen LogP contribution in [0.1, 0.15) is 26.2 Å². The molecular formula is C20H24NO3PS2. The molecule has 2 aromatic rings. The molecule has 2 aromatic carbocycles. The molecule has 3 rings (SSSR count). The molecular weight excluding hydrogens is 397 g/mol. The summed E-state index contributed by atoms with van der Waals surface area (Å²) in [5, 5.41) is 0. The lowest BCUT2D eigenvalue weighted by molar-refractivity contribution is -0.131. The lowest BCUT2D eigenvalue weighted by atomic mass is 10.0. The van der Waals surface area contributed by atoms with Gasteiger partial charge in [-0.15, -0.1) is 0 Å². The number of para-hydroxylation sites is 2. The minimum Gasteiger partial charge on any atom is -0.428 e. The van der Waals surface area contributed by atoms with Crippen LogP contribution < -0.4 is 9.05 Å². The van der Waals surface area contributed by atoms with Gasteiger partial charge in [-0.2, -0.15) is 0 Å². The zero-order valence-corrected chi connectivity index (χ0v) is 17.8. The predicted octanol–water partition coefficient (Wildman–Crippen LogP) is 5.50. The normalized spacial score (nSPS) is 17.4. The molecule has 1 heterocycles. The molecule has 0 aromatic heterocycles. The van der Waals surface area contributed by atoms with Crippen LogP contribution in [0.3, 0.4) is 0 Å². The zero-order chi connectivity index (χ0) is 19.1. The van der Waals surface area contributed by atoms with Gasteiger partial charge in [0.1, 0.15) is 11.5 Å². The molecule has 0 saturated carbocycles. The van der Waals surface area contributed by atoms with Gasteiger partial charge in [0.2, 0.25) is 5.91 Å². The Kier molecular flexibility index (Phi) is 7.22. The monoisotopic (exact) mass is 421 g/mol. The van der Waals surface area contributed by atoms with E-state index in [0.717, 1.165) is 19.4 Å². The van der Waals surface area contributed by atoms with Crippen molar-refractivity contribution in [3.8, 4) is 11.5 Å². The lowest BCUT2D eigenvalue weighted by Gasteiger charge is -2.33. The van der Waals surface area contributed by atoms with Crippen LogP contribution >= 0.6 is 17.1 Å². The fourth-order valence-corrected chi connectivity index (χ4v) is 6.94. The van der Waals surface area contributed by atoms with E-state index in [-0.39, 0.29) is 17.7 Å². The van der Waals surface area contributed by atoms with E-state index in [1.807, 2.05) is 65.6 Å². The highest BCUT2D eigenvalue weighted by molar-refractivity contribution is 8.68. The first kappa shape index (κ1) is 20.2. The Morgan fingerprint density at radius 1 is 1.07 bits per heavy atom. The van der Waals surface area contributed by atoms with E-state index >= 15 is 0 Å². The molecule has 1 aliphatic rings. The molecule has 4 nitrogen and oxygen atoms in total. The molecule has 27 heavy (non-hydrogen) atoms. The minimum absolute atomic E-state index is 0.106. The number of benzene rings is 2. The van der Waals surface area contributed by atoms with Crippen LogP contribution in [0.15, 0.2) is 60.7 Å². The van der Waals surface area contributed by atoms with Crippen molar-refractivity contribution in [2.45, 2.75) is 32.2 Å². The molecule has 1 atom stereocenters. The first-order chi connectivity index (χ1) is 13.1. The zero-order valence-electron chi connectivity index (χ0n) is 15.3. The van der Waals surface area contributed by atoms with Crippen molar-refractivity contribution in [3.05, 3.63) is 60.7 Å². The third-order valence-electron chi connectivity index (χ3n) is 4.39. The second-order valence-electron chi connectivity index (χ2n) is 6.46. The van der Waals surface area contributed by atoms with Crippen molar-refractivity contribution < 1.29 is 13.8 Å². The number of piperidine rings is 1. The third kappa shape index (κ3) is 6.00. The van der Waals surface area contributed by atoms with Crippen molar-refractivity contribution in [2.24, 2.45) is 0 Å². The van der Waals surface area contributed by atoms with Crippen LogP contribution in [0.25, 0.3) is 0 Å². The molecule has 0 radical (unpaired) electrons. The van der Waals surface area contributed by atoms with Crippen molar-refractivity contribution >= 4 is 34.8 Å². The number of rotatable bonds is 7. The molecule has 144 valence electrons. The minimum atomic E-state index is -2.79. The largest absolute Gasteiger partial charge is 0.428 e. The van der Waals surface area contributed by atoms with Crippen molar-refractivity contribution in [1.82, 2.24) is 4.90 Å². The highest BCUT2D eigenvalue weighted by Crippen LogP contribution is 2.60. The average molecular weight is 422 g/mol. The second-order valence-corrected chi connectivity index (χ2v) is 12.6. The van der Waals surface area contributed by atoms with E-state index < -0.39 is 5.69 Å². The summed E-state index contributed by atoms with van der Waals surface area (Å²) in [6.45, 7) is 2.93. The summed E-state index contributed by atoms with van der Waals surface area (Å²) in [7, 11) is 0. The number of nitrogens with zero attached hydrogens (tertiary/aromatic N) is 1. The Morgan fingerprint density at radius 3 is 2.15 bits per heavy atom. The van der Waals surface area contributed by atoms with Crippen LogP contribution in [-0.2, 0) is 16.6 Å². The summed E-state index contributed by atoms with van der Waals surface area (Å²) >= 11 is 7.08. The standard InChI is InChI=1S/C20H24NO3PS2/c1-17-10-8-9-15-21(17)20(22)16-27-25(26,23-18-11-4-2-5-12-18)24-19-13-6-3-7-14-19/h2-7,11-14,17H,8-10,15-16H2,1H3/t17-/m0/s1. The Morgan fingerprint density at radius 2 is 1.63 bits per heavy atom. The van der Waals surface area contributed by atoms with Gasteiger partial charge in [-0.1, -0.05) is 36.4 Å². The van der Waals surface area contributed by atoms with E-state index in [2.05, 4.69) is 6.92 Å². The molecule has 1 amide bonds. The lowest BCUT2D eigenvalue weighted by Crippen LogP contribution is -2.42. The van der Waals surface area contributed by atoms with Gasteiger partial charge in [0, 0.05) is 12.6 Å². The first-order valence-corrected chi connectivity index (χ1v) is 13.3. The van der Waals surface area contributed by atoms with Crippen molar-refractivity contribution in [1.29, 1.82) is 0 Å². The van der Waals surface area contributed by atoms with Crippen LogP contribution in [0, 0.1) is 0 Å². The molecule has 1 aliphatic heterocycles. The number of carbonyl (C=O) groups excluding carboxylic acids is 1. The van der Waals surface area contributed by atoms with Gasteiger partial charge in [-0.25, -0.2) is 0 Å². The highest BCUT2D eigenvalue weighted by Gasteiger charge is 2.29. The Balaban J connectivity index is 1.71. The van der Waals surface area contributed by atoms with Gasteiger partial charge < -0.3 is 13.9 Å². The van der Waals surface area contributed by atoms with Crippen LogP contribution in [0.4, 0.5) is 0 Å². The first-order valence-electron chi connectivity index (χ1n) is 9.09. The van der Waals surface area contributed by atoms with E-state index in [0.29, 0.717) is 11.5 Å². The van der Waals surface area contributed by atoms with E-state index in [9.17, 15) is 4.79 Å². The maximum Gasteiger partial charge on any atom is 0.349 e. The smallest absolute Gasteiger partial charge is 0.349 e. The number of hydrogen-bond donors (Lipinski definition) is 0. The molecule has 0 unspecified atom stereocenters. The van der Waals surface area contributed by atoms with E-state index in [1.165, 1.54) is 17.8 Å². The highest BCUT2D eigenvalue weighted by atomic mass is 32.9. The van der Waals surface area contributed by atoms with Gasteiger partial charge in [0.25, 0.3) is 0 Å². The molecule has 0 bridgehead atoms. The molecule has 1 saturated heterocycles. The molecule has 0 spiro atoms. The SMILES string of the molecule is C[C@H]1CCCCN1C(=O)CSP(=S)(Oc1ccccc1)Oc1ccccc1. The Bertz CT molecular complexity index is 743. The quantitative estimate of drug-likeness (QED) is 0.552. The van der Waals surface area contributed by atoms with Crippen LogP contribution in [-0.4, -0.2) is 29.1 Å². The number of carbonyl (C=O) groups is 1. The predicted molar refractivity (Wildman–Crippen MR) is 116 cm³/mol. The Hall–Kier alpha value is -1.49. The Labute approximate surface area is 170 Å². The fraction of sp³-hybridized carbons (Fsp3) is 0.350. The summed E-state index contributed by atoms with van der Waals surface area (Å²) < 4.78 is 12.1. The van der Waals surface area contributed by atoms with Crippen molar-refractivity contribution in [2.75, 3.05) is 12.3 Å². The van der Waals surface area contributed by atoms with E-state index in [4.69, 9.17) is 20.9 Å². The third-order valence-corrected chi connectivity index (χ3v) is 9.13. The molecule has 1 fully saturated rings. The number of likely N-dealkylation sites (tertiary alicyclic amines) is 1. The van der Waals surface area contributed by atoms with E-state index in [1.54, 1.807) is 0 Å². The van der Waals surface area contributed by atoms with Crippen LogP contribution in [0.5, 0.6) is 11.5 Å². The summed E-state index contributed by atoms with van der Waals surface area (Å²) in [6, 6.07) is 19.1. The van der Waals surface area contributed by atoms with Gasteiger partial charge in [-0.3, -0.25) is 4.79 Å². The topological polar surface area (TPSA) is 38.8 Å². The van der Waals surface area contributed by atoms with Gasteiger partial charge >= 0.3 is 5.69 Å². The summed E-state index contributed by atoms with van der Waals surface area (Å²) in [5.41, 5.74) is -2.79. The number of amides is 1. The average Bonchev–Trinajstić information content (AvgIpc) is 2.68. The number of hydrogen-bond acceptors (Lipinski definition) is 5. The van der Waals surface area contributed by atoms with Gasteiger partial charge in [0.15, 0.2) is 0 Å². The maximum atomic E-state index is 12.7. The fourth-order valence-electron chi connectivity index (χ4n) is 2.98. The molecule has 0 aliphatic carbocycles. The van der Waals surface area contributed by atoms with Gasteiger partial charge in [0.05, 0.1) is 5.75 Å². The maximum absolute atomic E-state index is 12.7. The summed E-state index contributed by atoms with van der Waals surface area (Å²) in [5.74, 6) is 1.68. The second kappa shape index (κ2) is 9.63. The molecule has 7 heteroatoms. The molecule has 0 N–H and O–H groups in total. The van der Waals surface area contributed by atoms with Crippen molar-refractivity contribution in [3.63, 3.8) is 0 Å².